The summed E-state index contributed by atoms with van der Waals surface area (Å²) >= 11 is 0. The van der Waals surface area contributed by atoms with Gasteiger partial charge in [0.1, 0.15) is 0 Å². The molecule has 0 aromatic heterocycles. The van der Waals surface area contributed by atoms with Gasteiger partial charge in [0.05, 0.1) is 5.54 Å². The van der Waals surface area contributed by atoms with E-state index in [1.54, 1.807) is 0 Å². The molecular weight excluding hydrogens is 394 g/mol. The highest BCUT2D eigenvalue weighted by atomic mass is 16.5. The van der Waals surface area contributed by atoms with E-state index in [0.717, 1.165) is 28.7 Å². The minimum atomic E-state index is -0.817. The van der Waals surface area contributed by atoms with Gasteiger partial charge < -0.3 is 4.74 Å². The number of benzene rings is 1. The van der Waals surface area contributed by atoms with Crippen molar-refractivity contribution >= 4 is 11.7 Å². The molecule has 1 aliphatic carbocycles. The van der Waals surface area contributed by atoms with Crippen LogP contribution in [0.25, 0.3) is 0 Å². The summed E-state index contributed by atoms with van der Waals surface area (Å²) in [5.41, 5.74) is 2.37. The fourth-order valence-electron chi connectivity index (χ4n) is 5.29. The Hall–Kier alpha value is -2.16. The number of hydrogen-bond donors (Lipinski definition) is 0. The maximum absolute atomic E-state index is 13.2. The summed E-state index contributed by atoms with van der Waals surface area (Å²) < 4.78 is 6.88. The monoisotopic (exact) mass is 435 g/mol. The lowest BCUT2D eigenvalue weighted by molar-refractivity contribution is -0.112. The summed E-state index contributed by atoms with van der Waals surface area (Å²) in [7, 11) is 0. The molecule has 0 saturated carbocycles. The van der Waals surface area contributed by atoms with E-state index in [4.69, 9.17) is 9.73 Å². The molecule has 1 aromatic carbocycles. The molecule has 174 valence electrons. The Bertz CT molecular complexity index is 1020. The number of hydrogen-bond acceptors (Lipinski definition) is 3. The third kappa shape index (κ3) is 4.63. The quantitative estimate of drug-likeness (QED) is 0.485. The molecule has 0 N–H and O–H groups in total. The van der Waals surface area contributed by atoms with Gasteiger partial charge in [-0.1, -0.05) is 80.5 Å². The summed E-state index contributed by atoms with van der Waals surface area (Å²) in [6.07, 6.45) is 4.83. The Morgan fingerprint density at radius 3 is 2.00 bits per heavy atom. The van der Waals surface area contributed by atoms with E-state index in [9.17, 15) is 4.79 Å². The molecule has 0 radical (unpaired) electrons. The van der Waals surface area contributed by atoms with Gasteiger partial charge in [-0.3, -0.25) is 4.79 Å². The molecule has 1 atom stereocenters. The van der Waals surface area contributed by atoms with Crippen LogP contribution in [0.15, 0.2) is 52.6 Å². The zero-order chi connectivity index (χ0) is 24.3. The molecule has 3 rings (SSSR count). The maximum Gasteiger partial charge on any atom is 0.218 e. The number of carbonyl (C=O) groups is 1. The van der Waals surface area contributed by atoms with Gasteiger partial charge in [0, 0.05) is 16.7 Å². The number of fused-ring (bicyclic) bond motifs is 2. The van der Waals surface area contributed by atoms with Gasteiger partial charge in [-0.25, -0.2) is 4.99 Å². The summed E-state index contributed by atoms with van der Waals surface area (Å²) in [5, 5.41) is 0. The highest BCUT2D eigenvalue weighted by molar-refractivity contribution is 6.08. The van der Waals surface area contributed by atoms with Crippen molar-refractivity contribution in [1.29, 1.82) is 0 Å². The first-order valence-corrected chi connectivity index (χ1v) is 11.7. The van der Waals surface area contributed by atoms with E-state index in [1.807, 2.05) is 12.1 Å². The molecule has 3 nitrogen and oxygen atoms in total. The van der Waals surface area contributed by atoms with Gasteiger partial charge in [-0.15, -0.1) is 0 Å². The topological polar surface area (TPSA) is 38.7 Å². The minimum absolute atomic E-state index is 0.0765. The van der Waals surface area contributed by atoms with E-state index >= 15 is 0 Å². The van der Waals surface area contributed by atoms with Gasteiger partial charge in [0.2, 0.25) is 5.90 Å². The third-order valence-corrected chi connectivity index (χ3v) is 6.09. The van der Waals surface area contributed by atoms with Crippen LogP contribution in [0.4, 0.5) is 0 Å². The standard InChI is InChI=1S/C29H41NO2/c1-25(2,3)18-28(10,11)30-24-19-14-12-13-15-20(19)29(32-24)17-21(26(4,5)6)22(31)16-23(29)27(7,8)9/h12-17H,18H2,1-11H3. The SMILES string of the molecule is CC(C)(C)CC(C)(C)N=C1OC2(C=C(C(C)(C)C)C(=O)C=C2C(C)(C)C)c2ccccc21. The van der Waals surface area contributed by atoms with Crippen molar-refractivity contribution in [2.75, 3.05) is 0 Å². The second kappa shape index (κ2) is 7.43. The molecule has 1 aliphatic heterocycles. The average Bonchev–Trinajstić information content (AvgIpc) is 2.86. The lowest BCUT2D eigenvalue weighted by atomic mass is 9.66. The largest absolute Gasteiger partial charge is 0.457 e. The number of ketones is 1. The van der Waals surface area contributed by atoms with Crippen LogP contribution in [-0.2, 0) is 15.1 Å². The zero-order valence-electron chi connectivity index (χ0n) is 21.9. The molecular formula is C29H41NO2. The minimum Gasteiger partial charge on any atom is -0.457 e. The molecule has 1 spiro atoms. The molecule has 0 bridgehead atoms. The first kappa shape index (κ1) is 24.5. The maximum atomic E-state index is 13.2. The number of allylic oxidation sites excluding steroid dienone is 2. The normalized spacial score (nSPS) is 23.2. The second-order valence-corrected chi connectivity index (χ2v) is 13.3. The molecule has 1 unspecified atom stereocenters. The Kier molecular flexibility index (Phi) is 5.69. The third-order valence-electron chi connectivity index (χ3n) is 6.09. The number of nitrogens with zero attached hydrogens (tertiary/aromatic N) is 1. The van der Waals surface area contributed by atoms with Crippen molar-refractivity contribution < 1.29 is 9.53 Å². The Morgan fingerprint density at radius 2 is 1.47 bits per heavy atom. The van der Waals surface area contributed by atoms with Crippen LogP contribution in [0.2, 0.25) is 0 Å². The molecule has 3 heteroatoms. The van der Waals surface area contributed by atoms with Crippen LogP contribution >= 0.6 is 0 Å². The number of carbonyl (C=O) groups excluding carboxylic acids is 1. The van der Waals surface area contributed by atoms with Crippen molar-refractivity contribution in [2.24, 2.45) is 21.2 Å². The number of aliphatic imine (C=N–C) groups is 1. The van der Waals surface area contributed by atoms with Gasteiger partial charge >= 0.3 is 0 Å². The Morgan fingerprint density at radius 1 is 0.875 bits per heavy atom. The van der Waals surface area contributed by atoms with E-state index in [2.05, 4.69) is 100 Å². The van der Waals surface area contributed by atoms with Crippen LogP contribution in [0.3, 0.4) is 0 Å². The van der Waals surface area contributed by atoms with Crippen LogP contribution < -0.4 is 0 Å². The highest BCUT2D eigenvalue weighted by Gasteiger charge is 2.52. The Labute approximate surface area is 195 Å². The van der Waals surface area contributed by atoms with Crippen LogP contribution in [0.5, 0.6) is 0 Å². The molecule has 0 fully saturated rings. The molecule has 0 saturated heterocycles. The van der Waals surface area contributed by atoms with Crippen molar-refractivity contribution in [1.82, 2.24) is 0 Å². The molecule has 1 heterocycles. The summed E-state index contributed by atoms with van der Waals surface area (Å²) in [6.45, 7) is 23.8. The molecule has 32 heavy (non-hydrogen) atoms. The summed E-state index contributed by atoms with van der Waals surface area (Å²) in [6, 6.07) is 8.31. The smallest absolute Gasteiger partial charge is 0.218 e. The summed E-state index contributed by atoms with van der Waals surface area (Å²) in [4.78, 5) is 18.3. The fraction of sp³-hybridized carbons (Fsp3) is 0.586. The van der Waals surface area contributed by atoms with Gasteiger partial charge in [0.15, 0.2) is 11.4 Å². The predicted octanol–water partition coefficient (Wildman–Crippen LogP) is 7.40. The summed E-state index contributed by atoms with van der Waals surface area (Å²) in [5.74, 6) is 0.747. The molecule has 2 aliphatic rings. The molecule has 0 amide bonds. The zero-order valence-corrected chi connectivity index (χ0v) is 21.9. The lowest BCUT2D eigenvalue weighted by Gasteiger charge is -2.41. The fourth-order valence-corrected chi connectivity index (χ4v) is 5.29. The Balaban J connectivity index is 2.27. The van der Waals surface area contributed by atoms with Gasteiger partial charge in [-0.05, 0) is 60.3 Å². The van der Waals surface area contributed by atoms with Crippen molar-refractivity contribution in [3.63, 3.8) is 0 Å². The van der Waals surface area contributed by atoms with E-state index < -0.39 is 5.60 Å². The van der Waals surface area contributed by atoms with Crippen LogP contribution in [0.1, 0.15) is 93.7 Å². The van der Waals surface area contributed by atoms with Crippen molar-refractivity contribution in [2.45, 2.75) is 93.7 Å². The van der Waals surface area contributed by atoms with E-state index in [0.29, 0.717) is 5.90 Å². The average molecular weight is 436 g/mol. The van der Waals surface area contributed by atoms with Gasteiger partial charge in [0.25, 0.3) is 0 Å². The predicted molar refractivity (Wildman–Crippen MR) is 134 cm³/mol. The second-order valence-electron chi connectivity index (χ2n) is 13.3. The number of ether oxygens (including phenoxy) is 1. The number of rotatable bonds is 2. The lowest BCUT2D eigenvalue weighted by Crippen LogP contribution is -2.39. The van der Waals surface area contributed by atoms with Crippen LogP contribution in [-0.4, -0.2) is 17.2 Å². The van der Waals surface area contributed by atoms with E-state index in [-0.39, 0.29) is 27.6 Å². The first-order valence-electron chi connectivity index (χ1n) is 11.7. The van der Waals surface area contributed by atoms with E-state index in [1.165, 1.54) is 0 Å². The van der Waals surface area contributed by atoms with Gasteiger partial charge in [-0.2, -0.15) is 0 Å². The van der Waals surface area contributed by atoms with Crippen molar-refractivity contribution in [3.8, 4) is 0 Å². The molecule has 1 aromatic rings. The van der Waals surface area contributed by atoms with Crippen LogP contribution in [0, 0.1) is 16.2 Å². The highest BCUT2D eigenvalue weighted by Crippen LogP contribution is 2.53. The first-order chi connectivity index (χ1) is 14.4. The van der Waals surface area contributed by atoms with Crippen molar-refractivity contribution in [3.05, 3.63) is 58.7 Å².